The number of hydrogen-bond acceptors (Lipinski definition) is 4. The molecule has 1 fully saturated rings. The smallest absolute Gasteiger partial charge is 0.340 e. The summed E-state index contributed by atoms with van der Waals surface area (Å²) in [6, 6.07) is 2.06. The first-order valence-corrected chi connectivity index (χ1v) is 8.45. The number of carbonyl (C=O) groups excluding carboxylic acids is 2. The van der Waals surface area contributed by atoms with Crippen LogP contribution in [0.2, 0.25) is 10.0 Å². The van der Waals surface area contributed by atoms with Crippen molar-refractivity contribution in [1.82, 2.24) is 5.32 Å². The average molecular weight is 389 g/mol. The van der Waals surface area contributed by atoms with E-state index in [1.807, 2.05) is 0 Å². The van der Waals surface area contributed by atoms with Crippen molar-refractivity contribution in [1.29, 1.82) is 0 Å². The molecule has 0 saturated heterocycles. The molecule has 0 radical (unpaired) electrons. The second-order valence-corrected chi connectivity index (χ2v) is 6.60. The number of carboxylic acids is 1. The highest BCUT2D eigenvalue weighted by molar-refractivity contribution is 6.42. The maximum atomic E-state index is 12.2. The van der Waals surface area contributed by atoms with Gasteiger partial charge in [0.1, 0.15) is 0 Å². The zero-order valence-corrected chi connectivity index (χ0v) is 15.0. The van der Waals surface area contributed by atoms with Crippen molar-refractivity contribution in [2.45, 2.75) is 31.7 Å². The minimum absolute atomic E-state index is 0.0848. The van der Waals surface area contributed by atoms with Crippen LogP contribution in [0, 0.1) is 5.92 Å². The number of halogens is 2. The zero-order chi connectivity index (χ0) is 18.6. The molecular weight excluding hydrogens is 371 g/mol. The summed E-state index contributed by atoms with van der Waals surface area (Å²) in [7, 11) is 1.22. The average Bonchev–Trinajstić information content (AvgIpc) is 2.57. The van der Waals surface area contributed by atoms with Crippen molar-refractivity contribution in [2.75, 3.05) is 12.4 Å². The van der Waals surface area contributed by atoms with Gasteiger partial charge in [0.15, 0.2) is 0 Å². The Morgan fingerprint density at radius 2 is 1.72 bits per heavy atom. The number of amides is 2. The van der Waals surface area contributed by atoms with Gasteiger partial charge in [0.05, 0.1) is 34.3 Å². The number of ether oxygens (including phenoxy) is 1. The van der Waals surface area contributed by atoms with Crippen molar-refractivity contribution in [3.8, 4) is 0 Å². The molecule has 1 aromatic carbocycles. The molecule has 2 rings (SSSR count). The van der Waals surface area contributed by atoms with Gasteiger partial charge in [-0.25, -0.2) is 9.59 Å². The van der Waals surface area contributed by atoms with E-state index in [1.54, 1.807) is 0 Å². The quantitative estimate of drug-likeness (QED) is 0.684. The minimum Gasteiger partial charge on any atom is -0.481 e. The molecule has 1 aliphatic rings. The molecule has 2 amide bonds. The second-order valence-electron chi connectivity index (χ2n) is 5.79. The van der Waals surface area contributed by atoms with E-state index in [0.717, 1.165) is 0 Å². The third kappa shape index (κ3) is 4.99. The van der Waals surface area contributed by atoms with Gasteiger partial charge in [0.25, 0.3) is 0 Å². The van der Waals surface area contributed by atoms with E-state index in [1.165, 1.54) is 19.2 Å². The Labute approximate surface area is 154 Å². The fourth-order valence-corrected chi connectivity index (χ4v) is 3.08. The zero-order valence-electron chi connectivity index (χ0n) is 13.5. The molecule has 3 N–H and O–H groups in total. The van der Waals surface area contributed by atoms with Gasteiger partial charge >= 0.3 is 18.0 Å². The predicted molar refractivity (Wildman–Crippen MR) is 93.3 cm³/mol. The summed E-state index contributed by atoms with van der Waals surface area (Å²) in [6.45, 7) is 0. The number of urea groups is 1. The third-order valence-electron chi connectivity index (χ3n) is 4.13. The number of carboxylic acid groups (broad SMARTS) is 1. The molecule has 7 nitrogen and oxygen atoms in total. The maximum Gasteiger partial charge on any atom is 0.340 e. The molecule has 25 heavy (non-hydrogen) atoms. The summed E-state index contributed by atoms with van der Waals surface area (Å²) in [6.07, 6.45) is 2.19. The van der Waals surface area contributed by atoms with Gasteiger partial charge in [-0.1, -0.05) is 23.2 Å². The number of methoxy groups -OCH3 is 1. The molecule has 9 heteroatoms. The Morgan fingerprint density at radius 1 is 1.12 bits per heavy atom. The van der Waals surface area contributed by atoms with E-state index < -0.39 is 18.0 Å². The molecule has 136 valence electrons. The topological polar surface area (TPSA) is 105 Å². The van der Waals surface area contributed by atoms with Crippen LogP contribution in [-0.4, -0.2) is 36.2 Å². The van der Waals surface area contributed by atoms with Crippen molar-refractivity contribution in [3.05, 3.63) is 27.7 Å². The van der Waals surface area contributed by atoms with Crippen LogP contribution in [0.3, 0.4) is 0 Å². The molecule has 0 spiro atoms. The van der Waals surface area contributed by atoms with E-state index in [9.17, 15) is 14.4 Å². The van der Waals surface area contributed by atoms with Crippen molar-refractivity contribution >= 4 is 46.9 Å². The Hall–Kier alpha value is -1.99. The normalized spacial score (nSPS) is 19.8. The summed E-state index contributed by atoms with van der Waals surface area (Å²) in [5.74, 6) is -1.82. The second kappa shape index (κ2) is 8.40. The summed E-state index contributed by atoms with van der Waals surface area (Å²) in [4.78, 5) is 35.0. The van der Waals surface area contributed by atoms with Crippen LogP contribution in [0.15, 0.2) is 12.1 Å². The fourth-order valence-electron chi connectivity index (χ4n) is 2.76. The lowest BCUT2D eigenvalue weighted by Crippen LogP contribution is -2.41. The third-order valence-corrected chi connectivity index (χ3v) is 4.85. The van der Waals surface area contributed by atoms with Crippen molar-refractivity contribution < 1.29 is 24.2 Å². The van der Waals surface area contributed by atoms with Crippen molar-refractivity contribution in [2.24, 2.45) is 5.92 Å². The summed E-state index contributed by atoms with van der Waals surface area (Å²) >= 11 is 11.8. The summed E-state index contributed by atoms with van der Waals surface area (Å²) in [5.41, 5.74) is 0.264. The summed E-state index contributed by atoms with van der Waals surface area (Å²) in [5, 5.41) is 14.7. The number of nitrogens with one attached hydrogen (secondary N) is 2. The van der Waals surface area contributed by atoms with E-state index >= 15 is 0 Å². The standard InChI is InChI=1S/C16H18Cl2N2O5/c1-25-15(23)10-6-11(17)12(18)7-13(10)20-16(24)19-9-4-2-8(3-5-9)14(21)22/h6-9H,2-5H2,1H3,(H,21,22)(H2,19,20,24). The van der Waals surface area contributed by atoms with Crippen molar-refractivity contribution in [3.63, 3.8) is 0 Å². The maximum absolute atomic E-state index is 12.2. The summed E-state index contributed by atoms with van der Waals surface area (Å²) < 4.78 is 4.67. The van der Waals surface area contributed by atoms with Gasteiger partial charge in [0.2, 0.25) is 0 Å². The van der Waals surface area contributed by atoms with Crippen LogP contribution in [0.25, 0.3) is 0 Å². The number of hydrogen-bond donors (Lipinski definition) is 3. The largest absolute Gasteiger partial charge is 0.481 e. The van der Waals surface area contributed by atoms with Gasteiger partial charge in [-0.15, -0.1) is 0 Å². The van der Waals surface area contributed by atoms with Gasteiger partial charge in [0, 0.05) is 6.04 Å². The van der Waals surface area contributed by atoms with Crippen LogP contribution >= 0.6 is 23.2 Å². The first-order chi connectivity index (χ1) is 11.8. The van der Waals surface area contributed by atoms with E-state index in [2.05, 4.69) is 15.4 Å². The molecule has 0 bridgehead atoms. The highest BCUT2D eigenvalue weighted by Crippen LogP contribution is 2.30. The molecule has 0 unspecified atom stereocenters. The van der Waals surface area contributed by atoms with Crippen LogP contribution in [-0.2, 0) is 9.53 Å². The highest BCUT2D eigenvalue weighted by atomic mass is 35.5. The van der Waals surface area contributed by atoms with E-state index in [4.69, 9.17) is 28.3 Å². The Morgan fingerprint density at radius 3 is 2.28 bits per heavy atom. The predicted octanol–water partition coefficient (Wildman–Crippen LogP) is 3.54. The van der Waals surface area contributed by atoms with E-state index in [0.29, 0.717) is 25.7 Å². The van der Waals surface area contributed by atoms with Crippen LogP contribution in [0.4, 0.5) is 10.5 Å². The van der Waals surface area contributed by atoms with Crippen LogP contribution in [0.5, 0.6) is 0 Å². The molecule has 0 aliphatic heterocycles. The Kier molecular flexibility index (Phi) is 6.50. The number of esters is 1. The number of carbonyl (C=O) groups is 3. The molecule has 1 aromatic rings. The molecular formula is C16H18Cl2N2O5. The number of rotatable bonds is 4. The highest BCUT2D eigenvalue weighted by Gasteiger charge is 2.27. The molecule has 1 aliphatic carbocycles. The molecule has 1 saturated carbocycles. The van der Waals surface area contributed by atoms with Crippen LogP contribution < -0.4 is 10.6 Å². The Balaban J connectivity index is 2.02. The molecule has 0 aromatic heterocycles. The van der Waals surface area contributed by atoms with Gasteiger partial charge in [-0.05, 0) is 37.8 Å². The first-order valence-electron chi connectivity index (χ1n) is 7.69. The lowest BCUT2D eigenvalue weighted by Gasteiger charge is -2.27. The SMILES string of the molecule is COC(=O)c1cc(Cl)c(Cl)cc1NC(=O)NC1CCC(C(=O)O)CC1. The minimum atomic E-state index is -0.804. The molecule has 0 heterocycles. The molecule has 0 atom stereocenters. The lowest BCUT2D eigenvalue weighted by molar-refractivity contribution is -0.142. The van der Waals surface area contributed by atoms with E-state index in [-0.39, 0.29) is 33.3 Å². The van der Waals surface area contributed by atoms with Crippen LogP contribution in [0.1, 0.15) is 36.0 Å². The van der Waals surface area contributed by atoms with Gasteiger partial charge in [-0.3, -0.25) is 4.79 Å². The number of anilines is 1. The lowest BCUT2D eigenvalue weighted by atomic mass is 9.86. The van der Waals surface area contributed by atoms with Gasteiger partial charge in [-0.2, -0.15) is 0 Å². The number of aliphatic carboxylic acids is 1. The number of benzene rings is 1. The van der Waals surface area contributed by atoms with Gasteiger partial charge < -0.3 is 20.5 Å². The first kappa shape index (κ1) is 19.3. The fraction of sp³-hybridized carbons (Fsp3) is 0.438. The monoisotopic (exact) mass is 388 g/mol. The Bertz CT molecular complexity index is 687.